The van der Waals surface area contributed by atoms with Gasteiger partial charge in [0.2, 0.25) is 5.91 Å². The van der Waals surface area contributed by atoms with Crippen molar-refractivity contribution in [3.63, 3.8) is 0 Å². The normalized spacial score (nSPS) is 14.9. The third-order valence-electron chi connectivity index (χ3n) is 3.42. The van der Waals surface area contributed by atoms with Gasteiger partial charge in [-0.15, -0.1) is 0 Å². The number of rotatable bonds is 4. The highest BCUT2D eigenvalue weighted by atomic mass is 16.5. The summed E-state index contributed by atoms with van der Waals surface area (Å²) in [5.41, 5.74) is 0. The Morgan fingerprint density at radius 1 is 1.14 bits per heavy atom. The summed E-state index contributed by atoms with van der Waals surface area (Å²) in [6.07, 6.45) is 1.68. The number of esters is 1. The van der Waals surface area contributed by atoms with Gasteiger partial charge in [0.25, 0.3) is 5.91 Å². The van der Waals surface area contributed by atoms with E-state index in [-0.39, 0.29) is 24.7 Å². The highest BCUT2D eigenvalue weighted by molar-refractivity contribution is 5.91. The van der Waals surface area contributed by atoms with Crippen molar-refractivity contribution in [3.05, 3.63) is 24.2 Å². The predicted octanol–water partition coefficient (Wildman–Crippen LogP) is 0.517. The van der Waals surface area contributed by atoms with Crippen LogP contribution in [-0.4, -0.2) is 60.9 Å². The molecule has 1 aliphatic rings. The molecule has 0 N–H and O–H groups in total. The Hall–Kier alpha value is -2.31. The maximum atomic E-state index is 12.1. The van der Waals surface area contributed by atoms with Gasteiger partial charge in [0.15, 0.2) is 5.76 Å². The first kappa shape index (κ1) is 15.1. The molecular formula is C14H18N2O5. The minimum atomic E-state index is -0.394. The molecule has 114 valence electrons. The van der Waals surface area contributed by atoms with Crippen LogP contribution in [0.15, 0.2) is 22.8 Å². The molecule has 7 heteroatoms. The monoisotopic (exact) mass is 294 g/mol. The van der Waals surface area contributed by atoms with Crippen molar-refractivity contribution in [2.75, 3.05) is 33.3 Å². The van der Waals surface area contributed by atoms with Gasteiger partial charge in [0.1, 0.15) is 0 Å². The average molecular weight is 294 g/mol. The number of piperazine rings is 1. The van der Waals surface area contributed by atoms with E-state index in [1.165, 1.54) is 13.4 Å². The highest BCUT2D eigenvalue weighted by Gasteiger charge is 2.26. The zero-order chi connectivity index (χ0) is 15.2. The quantitative estimate of drug-likeness (QED) is 0.756. The summed E-state index contributed by atoms with van der Waals surface area (Å²) in [6.45, 7) is 1.85. The van der Waals surface area contributed by atoms with Crippen molar-refractivity contribution in [1.29, 1.82) is 0 Å². The smallest absolute Gasteiger partial charge is 0.306 e. The largest absolute Gasteiger partial charge is 0.469 e. The van der Waals surface area contributed by atoms with Gasteiger partial charge < -0.3 is 19.0 Å². The molecule has 0 saturated carbocycles. The predicted molar refractivity (Wildman–Crippen MR) is 72.4 cm³/mol. The van der Waals surface area contributed by atoms with Gasteiger partial charge in [-0.05, 0) is 12.1 Å². The number of nitrogens with zero attached hydrogens (tertiary/aromatic N) is 2. The Morgan fingerprint density at radius 2 is 1.81 bits per heavy atom. The molecule has 2 heterocycles. The SMILES string of the molecule is COC(=O)CCC(=O)N1CCN(C(=O)c2ccco2)CC1. The summed E-state index contributed by atoms with van der Waals surface area (Å²) >= 11 is 0. The van der Waals surface area contributed by atoms with E-state index < -0.39 is 5.97 Å². The Bertz CT molecular complexity index is 503. The van der Waals surface area contributed by atoms with E-state index in [9.17, 15) is 14.4 Å². The molecule has 1 fully saturated rings. The number of hydrogen-bond acceptors (Lipinski definition) is 5. The van der Waals surface area contributed by atoms with Crippen molar-refractivity contribution < 1.29 is 23.5 Å². The topological polar surface area (TPSA) is 80.1 Å². The maximum absolute atomic E-state index is 12.1. The summed E-state index contributed by atoms with van der Waals surface area (Å²) in [5.74, 6) is -0.345. The van der Waals surface area contributed by atoms with Crippen LogP contribution in [-0.2, 0) is 14.3 Å². The van der Waals surface area contributed by atoms with Gasteiger partial charge in [-0.3, -0.25) is 14.4 Å². The Kier molecular flexibility index (Phi) is 4.97. The number of methoxy groups -OCH3 is 1. The Balaban J connectivity index is 1.79. The number of ether oxygens (including phenoxy) is 1. The fourth-order valence-electron chi connectivity index (χ4n) is 2.18. The van der Waals surface area contributed by atoms with Crippen molar-refractivity contribution in [2.45, 2.75) is 12.8 Å². The first-order chi connectivity index (χ1) is 10.1. The van der Waals surface area contributed by atoms with Gasteiger partial charge in [0, 0.05) is 32.6 Å². The van der Waals surface area contributed by atoms with E-state index >= 15 is 0 Å². The molecule has 0 aromatic carbocycles. The molecular weight excluding hydrogens is 276 g/mol. The van der Waals surface area contributed by atoms with E-state index in [4.69, 9.17) is 4.42 Å². The summed E-state index contributed by atoms with van der Waals surface area (Å²) in [6, 6.07) is 3.29. The van der Waals surface area contributed by atoms with Crippen LogP contribution in [0.1, 0.15) is 23.4 Å². The molecule has 7 nitrogen and oxygen atoms in total. The highest BCUT2D eigenvalue weighted by Crippen LogP contribution is 2.10. The standard InChI is InChI=1S/C14H18N2O5/c1-20-13(18)5-4-12(17)15-6-8-16(9-7-15)14(19)11-3-2-10-21-11/h2-3,10H,4-9H2,1H3. The van der Waals surface area contributed by atoms with E-state index in [2.05, 4.69) is 4.74 Å². The molecule has 1 aliphatic heterocycles. The van der Waals surface area contributed by atoms with E-state index in [1.807, 2.05) is 0 Å². The molecule has 0 aliphatic carbocycles. The Morgan fingerprint density at radius 3 is 2.38 bits per heavy atom. The molecule has 1 aromatic rings. The second-order valence-electron chi connectivity index (χ2n) is 4.73. The number of amides is 2. The lowest BCUT2D eigenvalue weighted by atomic mass is 10.2. The van der Waals surface area contributed by atoms with Gasteiger partial charge in [0.05, 0.1) is 19.8 Å². The lowest BCUT2D eigenvalue weighted by molar-refractivity contribution is -0.144. The fourth-order valence-corrected chi connectivity index (χ4v) is 2.18. The molecule has 0 spiro atoms. The van der Waals surface area contributed by atoms with E-state index in [1.54, 1.807) is 21.9 Å². The van der Waals surface area contributed by atoms with Crippen molar-refractivity contribution >= 4 is 17.8 Å². The second-order valence-corrected chi connectivity index (χ2v) is 4.73. The minimum absolute atomic E-state index is 0.0842. The third kappa shape index (κ3) is 3.84. The average Bonchev–Trinajstić information content (AvgIpc) is 3.06. The van der Waals surface area contributed by atoms with E-state index in [0.717, 1.165) is 0 Å². The fraction of sp³-hybridized carbons (Fsp3) is 0.500. The lowest BCUT2D eigenvalue weighted by Crippen LogP contribution is -2.50. The second kappa shape index (κ2) is 6.92. The van der Waals surface area contributed by atoms with Crippen LogP contribution in [0.25, 0.3) is 0 Å². The molecule has 0 unspecified atom stereocenters. The summed E-state index contributed by atoms with van der Waals surface area (Å²) in [5, 5.41) is 0. The zero-order valence-corrected chi connectivity index (χ0v) is 11.9. The zero-order valence-electron chi connectivity index (χ0n) is 11.9. The van der Waals surface area contributed by atoms with Crippen LogP contribution in [0.5, 0.6) is 0 Å². The van der Waals surface area contributed by atoms with Gasteiger partial charge in [-0.25, -0.2) is 0 Å². The molecule has 0 radical (unpaired) electrons. The van der Waals surface area contributed by atoms with Crippen LogP contribution in [0.3, 0.4) is 0 Å². The number of carbonyl (C=O) groups excluding carboxylic acids is 3. The first-order valence-electron chi connectivity index (χ1n) is 6.79. The molecule has 2 rings (SSSR count). The number of hydrogen-bond donors (Lipinski definition) is 0. The summed E-state index contributed by atoms with van der Waals surface area (Å²) < 4.78 is 9.58. The molecule has 0 bridgehead atoms. The van der Waals surface area contributed by atoms with Gasteiger partial charge in [-0.2, -0.15) is 0 Å². The van der Waals surface area contributed by atoms with Crippen LogP contribution < -0.4 is 0 Å². The maximum Gasteiger partial charge on any atom is 0.306 e. The van der Waals surface area contributed by atoms with Gasteiger partial charge in [-0.1, -0.05) is 0 Å². The van der Waals surface area contributed by atoms with Crippen molar-refractivity contribution in [2.24, 2.45) is 0 Å². The molecule has 1 aromatic heterocycles. The van der Waals surface area contributed by atoms with Gasteiger partial charge >= 0.3 is 5.97 Å². The molecule has 1 saturated heterocycles. The number of furan rings is 1. The molecule has 2 amide bonds. The lowest BCUT2D eigenvalue weighted by Gasteiger charge is -2.34. The third-order valence-corrected chi connectivity index (χ3v) is 3.42. The first-order valence-corrected chi connectivity index (χ1v) is 6.79. The van der Waals surface area contributed by atoms with E-state index in [0.29, 0.717) is 31.9 Å². The summed E-state index contributed by atoms with van der Waals surface area (Å²) in [4.78, 5) is 38.3. The van der Waals surface area contributed by atoms with Crippen LogP contribution in [0.4, 0.5) is 0 Å². The Labute approximate surface area is 122 Å². The minimum Gasteiger partial charge on any atom is -0.469 e. The van der Waals surface area contributed by atoms with Crippen LogP contribution in [0.2, 0.25) is 0 Å². The van der Waals surface area contributed by atoms with Crippen molar-refractivity contribution in [3.8, 4) is 0 Å². The van der Waals surface area contributed by atoms with Crippen LogP contribution in [0, 0.1) is 0 Å². The summed E-state index contributed by atoms with van der Waals surface area (Å²) in [7, 11) is 1.30. The van der Waals surface area contributed by atoms with Crippen LogP contribution >= 0.6 is 0 Å². The number of carbonyl (C=O) groups is 3. The molecule has 21 heavy (non-hydrogen) atoms. The van der Waals surface area contributed by atoms with Crippen molar-refractivity contribution in [1.82, 2.24) is 9.80 Å². The molecule has 0 atom stereocenters.